The van der Waals surface area contributed by atoms with Gasteiger partial charge >= 0.3 is 6.03 Å². The minimum absolute atomic E-state index is 0.293. The second-order valence-electron chi connectivity index (χ2n) is 3.49. The fourth-order valence-electron chi connectivity index (χ4n) is 1.77. The second-order valence-corrected chi connectivity index (χ2v) is 6.61. The number of benzene rings is 1. The number of rotatable bonds is 1. The highest BCUT2D eigenvalue weighted by Gasteiger charge is 2.37. The Hall–Kier alpha value is -1.28. The van der Waals surface area contributed by atoms with Crippen LogP contribution in [0.5, 0.6) is 0 Å². The summed E-state index contributed by atoms with van der Waals surface area (Å²) in [6.07, 6.45) is 0.466. The first kappa shape index (κ1) is 10.2. The normalized spacial score (nSPS) is 24.7. The molecule has 5 heteroatoms. The number of urea groups is 1. The smallest absolute Gasteiger partial charge is 0.307 e. The number of fused-ring (bicyclic) bond motifs is 1. The summed E-state index contributed by atoms with van der Waals surface area (Å²) in [5.41, 5.74) is 0.672. The Morgan fingerprint density at radius 1 is 1.40 bits per heavy atom. The van der Waals surface area contributed by atoms with Crippen molar-refractivity contribution in [1.29, 1.82) is 0 Å². The summed E-state index contributed by atoms with van der Waals surface area (Å²) in [7, 11) is -1.13. The molecule has 0 saturated heterocycles. The second kappa shape index (κ2) is 3.38. The van der Waals surface area contributed by atoms with Crippen molar-refractivity contribution in [2.45, 2.75) is 6.92 Å². The van der Waals surface area contributed by atoms with Gasteiger partial charge in [0.2, 0.25) is 7.29 Å². The average Bonchev–Trinajstić information content (AvgIpc) is 2.26. The van der Waals surface area contributed by atoms with Crippen LogP contribution in [0, 0.1) is 0 Å². The molecular weight excluding hydrogens is 211 g/mol. The highest BCUT2D eigenvalue weighted by molar-refractivity contribution is 7.70. The zero-order valence-electron chi connectivity index (χ0n) is 8.73. The minimum atomic E-state index is -2.71. The molecule has 1 N–H and O–H groups in total. The van der Waals surface area contributed by atoms with E-state index in [4.69, 9.17) is 0 Å². The molecule has 1 aromatic rings. The van der Waals surface area contributed by atoms with E-state index in [0.29, 0.717) is 11.8 Å². The van der Waals surface area contributed by atoms with E-state index in [-0.39, 0.29) is 6.03 Å². The van der Waals surface area contributed by atoms with Gasteiger partial charge in [0.25, 0.3) is 0 Å². The lowest BCUT2D eigenvalue weighted by atomic mass is 10.3. The molecule has 0 spiro atoms. The standard InChI is InChI=1S/C10H13N2O2P/c1-3-15(14)9-7-5-4-6-8(9)11-10(13)12(15)2/h4-7H,3H2,1-2H3,(H,11,13). The highest BCUT2D eigenvalue weighted by atomic mass is 31.2. The van der Waals surface area contributed by atoms with Crippen LogP contribution in [-0.2, 0) is 4.57 Å². The topological polar surface area (TPSA) is 49.4 Å². The summed E-state index contributed by atoms with van der Waals surface area (Å²) in [5, 5.41) is 3.46. The molecule has 0 bridgehead atoms. The lowest BCUT2D eigenvalue weighted by Gasteiger charge is -2.33. The third-order valence-corrected chi connectivity index (χ3v) is 5.88. The van der Waals surface area contributed by atoms with Crippen molar-refractivity contribution in [3.05, 3.63) is 24.3 Å². The molecule has 1 atom stereocenters. The maximum absolute atomic E-state index is 12.6. The molecule has 0 aliphatic carbocycles. The minimum Gasteiger partial charge on any atom is -0.307 e. The Balaban J connectivity index is 2.65. The first-order chi connectivity index (χ1) is 7.09. The summed E-state index contributed by atoms with van der Waals surface area (Å²) in [6, 6.07) is 6.97. The Bertz CT molecular complexity index is 458. The number of carbonyl (C=O) groups excluding carboxylic acids is 1. The van der Waals surface area contributed by atoms with Gasteiger partial charge in [0.1, 0.15) is 0 Å². The number of hydrogen-bond acceptors (Lipinski definition) is 2. The van der Waals surface area contributed by atoms with Gasteiger partial charge in [0.05, 0.1) is 11.0 Å². The third-order valence-electron chi connectivity index (χ3n) is 2.73. The molecule has 1 heterocycles. The molecule has 2 rings (SSSR count). The van der Waals surface area contributed by atoms with Crippen LogP contribution in [0.4, 0.5) is 10.5 Å². The fraction of sp³-hybridized carbons (Fsp3) is 0.300. The molecule has 1 aliphatic rings. The Labute approximate surface area is 88.7 Å². The van der Waals surface area contributed by atoms with Crippen LogP contribution < -0.4 is 10.6 Å². The largest absolute Gasteiger partial charge is 0.327 e. The molecule has 1 aliphatic heterocycles. The van der Waals surface area contributed by atoms with Crippen LogP contribution in [-0.4, -0.2) is 23.9 Å². The third kappa shape index (κ3) is 1.37. The zero-order chi connectivity index (χ0) is 11.1. The number of hydrogen-bond donors (Lipinski definition) is 1. The predicted octanol–water partition coefficient (Wildman–Crippen LogP) is 2.09. The van der Waals surface area contributed by atoms with Crippen LogP contribution in [0.2, 0.25) is 0 Å². The van der Waals surface area contributed by atoms with Crippen molar-refractivity contribution < 1.29 is 9.36 Å². The molecule has 80 valence electrons. The van der Waals surface area contributed by atoms with Crippen LogP contribution in [0.15, 0.2) is 24.3 Å². The van der Waals surface area contributed by atoms with E-state index in [1.54, 1.807) is 13.1 Å². The summed E-state index contributed by atoms with van der Waals surface area (Å²) >= 11 is 0. The molecule has 1 unspecified atom stereocenters. The number of carbonyl (C=O) groups is 1. The zero-order valence-corrected chi connectivity index (χ0v) is 9.62. The SMILES string of the molecule is CCP1(=O)c2ccccc2NC(=O)N1C. The molecule has 1 aromatic carbocycles. The van der Waals surface area contributed by atoms with E-state index in [0.717, 1.165) is 5.30 Å². The Kier molecular flexibility index (Phi) is 2.31. The van der Waals surface area contributed by atoms with Crippen LogP contribution >= 0.6 is 7.29 Å². The fourth-order valence-corrected chi connectivity index (χ4v) is 4.03. The van der Waals surface area contributed by atoms with Gasteiger partial charge in [-0.05, 0) is 12.1 Å². The van der Waals surface area contributed by atoms with E-state index in [1.807, 2.05) is 25.1 Å². The molecular formula is C10H13N2O2P. The van der Waals surface area contributed by atoms with E-state index in [1.165, 1.54) is 4.67 Å². The molecule has 0 radical (unpaired) electrons. The molecule has 4 nitrogen and oxygen atoms in total. The first-order valence-electron chi connectivity index (χ1n) is 4.83. The van der Waals surface area contributed by atoms with Crippen LogP contribution in [0.25, 0.3) is 0 Å². The maximum Gasteiger partial charge on any atom is 0.327 e. The van der Waals surface area contributed by atoms with Gasteiger partial charge in [-0.2, -0.15) is 0 Å². The molecule has 2 amide bonds. The van der Waals surface area contributed by atoms with Gasteiger partial charge in [-0.1, -0.05) is 19.1 Å². The highest BCUT2D eigenvalue weighted by Crippen LogP contribution is 2.51. The number of para-hydroxylation sites is 1. The van der Waals surface area contributed by atoms with Crippen molar-refractivity contribution in [3.8, 4) is 0 Å². The number of anilines is 1. The van der Waals surface area contributed by atoms with Crippen LogP contribution in [0.3, 0.4) is 0 Å². The number of amides is 2. The van der Waals surface area contributed by atoms with E-state index < -0.39 is 7.29 Å². The Morgan fingerprint density at radius 2 is 2.07 bits per heavy atom. The van der Waals surface area contributed by atoms with Crippen molar-refractivity contribution in [2.24, 2.45) is 0 Å². The maximum atomic E-state index is 12.6. The van der Waals surface area contributed by atoms with E-state index in [2.05, 4.69) is 5.32 Å². The van der Waals surface area contributed by atoms with Gasteiger partial charge in [-0.3, -0.25) is 9.24 Å². The lowest BCUT2D eigenvalue weighted by Crippen LogP contribution is -2.39. The molecule has 0 saturated carbocycles. The quantitative estimate of drug-likeness (QED) is 0.742. The molecule has 0 fully saturated rings. The number of nitrogens with one attached hydrogen (secondary N) is 1. The molecule has 0 aromatic heterocycles. The Morgan fingerprint density at radius 3 is 2.73 bits per heavy atom. The van der Waals surface area contributed by atoms with Crippen molar-refractivity contribution in [3.63, 3.8) is 0 Å². The average molecular weight is 224 g/mol. The van der Waals surface area contributed by atoms with E-state index >= 15 is 0 Å². The number of nitrogens with zero attached hydrogens (tertiary/aromatic N) is 1. The van der Waals surface area contributed by atoms with Gasteiger partial charge in [-0.25, -0.2) is 4.79 Å². The summed E-state index contributed by atoms with van der Waals surface area (Å²) < 4.78 is 14.0. The first-order valence-corrected chi connectivity index (χ1v) is 6.68. The summed E-state index contributed by atoms with van der Waals surface area (Å²) in [4.78, 5) is 11.6. The summed E-state index contributed by atoms with van der Waals surface area (Å²) in [6.45, 7) is 1.84. The monoisotopic (exact) mass is 224 g/mol. The predicted molar refractivity (Wildman–Crippen MR) is 61.0 cm³/mol. The van der Waals surface area contributed by atoms with Gasteiger partial charge in [0.15, 0.2) is 0 Å². The van der Waals surface area contributed by atoms with Crippen LogP contribution in [0.1, 0.15) is 6.92 Å². The molecule has 15 heavy (non-hydrogen) atoms. The van der Waals surface area contributed by atoms with Crippen molar-refractivity contribution in [1.82, 2.24) is 4.67 Å². The van der Waals surface area contributed by atoms with Gasteiger partial charge in [-0.15, -0.1) is 0 Å². The van der Waals surface area contributed by atoms with Crippen molar-refractivity contribution >= 4 is 24.3 Å². The van der Waals surface area contributed by atoms with Crippen molar-refractivity contribution in [2.75, 3.05) is 18.5 Å². The van der Waals surface area contributed by atoms with Gasteiger partial charge in [0, 0.05) is 13.2 Å². The van der Waals surface area contributed by atoms with Gasteiger partial charge < -0.3 is 5.32 Å². The summed E-state index contributed by atoms with van der Waals surface area (Å²) in [5.74, 6) is 0. The van der Waals surface area contributed by atoms with E-state index in [9.17, 15) is 9.36 Å². The lowest BCUT2D eigenvalue weighted by molar-refractivity contribution is 0.240.